The topological polar surface area (TPSA) is 70.1 Å². The SMILES string of the molecule is Cc1ccc(C)c(NC(=O)Nc2cccc(-c3nccnc3N3CCCC3)c2)c1. The van der Waals surface area contributed by atoms with E-state index in [4.69, 9.17) is 0 Å². The first kappa shape index (κ1) is 18.9. The largest absolute Gasteiger partial charge is 0.355 e. The lowest BCUT2D eigenvalue weighted by Crippen LogP contribution is -2.21. The maximum atomic E-state index is 12.5. The van der Waals surface area contributed by atoms with Crippen molar-refractivity contribution in [1.29, 1.82) is 0 Å². The minimum absolute atomic E-state index is 0.269. The Morgan fingerprint density at radius 2 is 1.76 bits per heavy atom. The Morgan fingerprint density at radius 3 is 2.59 bits per heavy atom. The molecule has 148 valence electrons. The number of benzene rings is 2. The minimum atomic E-state index is -0.269. The van der Waals surface area contributed by atoms with E-state index in [-0.39, 0.29) is 6.03 Å². The van der Waals surface area contributed by atoms with Crippen LogP contribution in [0.3, 0.4) is 0 Å². The number of anilines is 3. The fourth-order valence-electron chi connectivity index (χ4n) is 3.59. The maximum Gasteiger partial charge on any atom is 0.323 e. The molecule has 2 aromatic carbocycles. The predicted octanol–water partition coefficient (Wildman–Crippen LogP) is 5.00. The van der Waals surface area contributed by atoms with Crippen molar-refractivity contribution < 1.29 is 4.79 Å². The quantitative estimate of drug-likeness (QED) is 0.661. The summed E-state index contributed by atoms with van der Waals surface area (Å²) in [7, 11) is 0. The smallest absolute Gasteiger partial charge is 0.323 e. The van der Waals surface area contributed by atoms with Crippen molar-refractivity contribution >= 4 is 23.2 Å². The molecule has 0 bridgehead atoms. The van der Waals surface area contributed by atoms with E-state index in [0.29, 0.717) is 5.69 Å². The maximum absolute atomic E-state index is 12.5. The molecule has 1 aliphatic rings. The Balaban J connectivity index is 1.54. The number of rotatable bonds is 4. The van der Waals surface area contributed by atoms with Crippen LogP contribution >= 0.6 is 0 Å². The Hall–Kier alpha value is -3.41. The van der Waals surface area contributed by atoms with Gasteiger partial charge in [-0.25, -0.2) is 9.78 Å². The van der Waals surface area contributed by atoms with Gasteiger partial charge in [-0.3, -0.25) is 4.98 Å². The van der Waals surface area contributed by atoms with E-state index < -0.39 is 0 Å². The predicted molar refractivity (Wildman–Crippen MR) is 117 cm³/mol. The van der Waals surface area contributed by atoms with Crippen LogP contribution in [0.2, 0.25) is 0 Å². The van der Waals surface area contributed by atoms with E-state index in [1.807, 2.05) is 56.3 Å². The molecule has 2 amide bonds. The summed E-state index contributed by atoms with van der Waals surface area (Å²) in [6.45, 7) is 5.98. The molecule has 0 atom stereocenters. The summed E-state index contributed by atoms with van der Waals surface area (Å²) < 4.78 is 0. The van der Waals surface area contributed by atoms with Gasteiger partial charge in [-0.05, 0) is 56.0 Å². The van der Waals surface area contributed by atoms with Gasteiger partial charge in [0.1, 0.15) is 5.69 Å². The molecule has 3 aromatic rings. The second kappa shape index (κ2) is 8.31. The molecule has 6 heteroatoms. The molecule has 0 saturated carbocycles. The average molecular weight is 387 g/mol. The zero-order valence-electron chi connectivity index (χ0n) is 16.8. The third-order valence-electron chi connectivity index (χ3n) is 5.12. The van der Waals surface area contributed by atoms with Gasteiger partial charge in [0.25, 0.3) is 0 Å². The van der Waals surface area contributed by atoms with E-state index in [1.165, 1.54) is 12.8 Å². The van der Waals surface area contributed by atoms with E-state index >= 15 is 0 Å². The molecule has 0 aliphatic carbocycles. The Labute approximate surface area is 171 Å². The lowest BCUT2D eigenvalue weighted by molar-refractivity contribution is 0.262. The highest BCUT2D eigenvalue weighted by Crippen LogP contribution is 2.30. The van der Waals surface area contributed by atoms with Crippen LogP contribution in [0, 0.1) is 13.8 Å². The van der Waals surface area contributed by atoms with Crippen molar-refractivity contribution in [3.8, 4) is 11.3 Å². The standard InChI is InChI=1S/C23H25N5O/c1-16-8-9-17(2)20(14-16)27-23(29)26-19-7-5-6-18(15-19)21-22(25-11-10-24-21)28-12-3-4-13-28/h5-11,14-15H,3-4,12-13H2,1-2H3,(H2,26,27,29). The van der Waals surface area contributed by atoms with Crippen LogP contribution in [-0.4, -0.2) is 29.1 Å². The van der Waals surface area contributed by atoms with Gasteiger partial charge in [0.15, 0.2) is 5.82 Å². The first-order valence-electron chi connectivity index (χ1n) is 9.92. The lowest BCUT2D eigenvalue weighted by Gasteiger charge is -2.19. The highest BCUT2D eigenvalue weighted by atomic mass is 16.2. The molecule has 2 heterocycles. The van der Waals surface area contributed by atoms with Gasteiger partial charge in [-0.1, -0.05) is 24.3 Å². The fraction of sp³-hybridized carbons (Fsp3) is 0.261. The number of carbonyl (C=O) groups is 1. The molecule has 2 N–H and O–H groups in total. The van der Waals surface area contributed by atoms with E-state index in [1.54, 1.807) is 12.4 Å². The van der Waals surface area contributed by atoms with Crippen molar-refractivity contribution in [2.45, 2.75) is 26.7 Å². The van der Waals surface area contributed by atoms with Crippen LogP contribution in [0.5, 0.6) is 0 Å². The number of nitrogens with zero attached hydrogens (tertiary/aromatic N) is 3. The molecule has 6 nitrogen and oxygen atoms in total. The van der Waals surface area contributed by atoms with Gasteiger partial charge in [-0.2, -0.15) is 0 Å². The normalized spacial score (nSPS) is 13.4. The number of nitrogens with one attached hydrogen (secondary N) is 2. The van der Waals surface area contributed by atoms with E-state index in [9.17, 15) is 4.79 Å². The zero-order chi connectivity index (χ0) is 20.2. The molecular formula is C23H25N5O. The Bertz CT molecular complexity index is 1030. The highest BCUT2D eigenvalue weighted by Gasteiger charge is 2.19. The van der Waals surface area contributed by atoms with Crippen LogP contribution in [0.25, 0.3) is 11.3 Å². The number of hydrogen-bond acceptors (Lipinski definition) is 4. The first-order chi connectivity index (χ1) is 14.1. The molecule has 1 aromatic heterocycles. The van der Waals surface area contributed by atoms with Crippen molar-refractivity contribution in [2.75, 3.05) is 28.6 Å². The molecule has 1 saturated heterocycles. The minimum Gasteiger partial charge on any atom is -0.355 e. The van der Waals surface area contributed by atoms with Gasteiger partial charge in [0.05, 0.1) is 0 Å². The summed E-state index contributed by atoms with van der Waals surface area (Å²) in [5.74, 6) is 0.905. The molecule has 29 heavy (non-hydrogen) atoms. The van der Waals surface area contributed by atoms with Gasteiger partial charge >= 0.3 is 6.03 Å². The van der Waals surface area contributed by atoms with Crippen LogP contribution < -0.4 is 15.5 Å². The number of urea groups is 1. The van der Waals surface area contributed by atoms with Crippen LogP contribution in [0.4, 0.5) is 22.0 Å². The zero-order valence-corrected chi connectivity index (χ0v) is 16.8. The summed E-state index contributed by atoms with van der Waals surface area (Å²) >= 11 is 0. The second-order valence-electron chi connectivity index (χ2n) is 7.40. The summed E-state index contributed by atoms with van der Waals surface area (Å²) in [6.07, 6.45) is 5.80. The molecule has 0 unspecified atom stereocenters. The van der Waals surface area contributed by atoms with E-state index in [0.717, 1.165) is 47.0 Å². The van der Waals surface area contributed by atoms with Gasteiger partial charge in [0.2, 0.25) is 0 Å². The summed E-state index contributed by atoms with van der Waals surface area (Å²) in [5.41, 5.74) is 5.42. The Kier molecular flexibility index (Phi) is 5.42. The summed E-state index contributed by atoms with van der Waals surface area (Å²) in [6, 6.07) is 13.5. The van der Waals surface area contributed by atoms with Crippen molar-refractivity contribution in [1.82, 2.24) is 9.97 Å². The van der Waals surface area contributed by atoms with Gasteiger partial charge in [-0.15, -0.1) is 0 Å². The molecule has 0 radical (unpaired) electrons. The van der Waals surface area contributed by atoms with Crippen LogP contribution in [0.1, 0.15) is 24.0 Å². The van der Waals surface area contributed by atoms with Gasteiger partial charge in [0, 0.05) is 42.4 Å². The number of aromatic nitrogens is 2. The highest BCUT2D eigenvalue weighted by molar-refractivity contribution is 6.00. The number of aryl methyl sites for hydroxylation is 2. The summed E-state index contributed by atoms with van der Waals surface area (Å²) in [5, 5.41) is 5.85. The van der Waals surface area contributed by atoms with Gasteiger partial charge < -0.3 is 15.5 Å². The third-order valence-corrected chi connectivity index (χ3v) is 5.12. The Morgan fingerprint density at radius 1 is 0.966 bits per heavy atom. The first-order valence-corrected chi connectivity index (χ1v) is 9.92. The molecule has 1 fully saturated rings. The van der Waals surface area contributed by atoms with Crippen molar-refractivity contribution in [2.24, 2.45) is 0 Å². The fourth-order valence-corrected chi connectivity index (χ4v) is 3.59. The molecule has 1 aliphatic heterocycles. The molecular weight excluding hydrogens is 362 g/mol. The number of carbonyl (C=O) groups excluding carboxylic acids is 1. The van der Waals surface area contributed by atoms with E-state index in [2.05, 4.69) is 25.5 Å². The summed E-state index contributed by atoms with van der Waals surface area (Å²) in [4.78, 5) is 23.9. The number of amides is 2. The average Bonchev–Trinajstić information content (AvgIpc) is 3.26. The monoisotopic (exact) mass is 387 g/mol. The van der Waals surface area contributed by atoms with Crippen molar-refractivity contribution in [3.63, 3.8) is 0 Å². The third kappa shape index (κ3) is 4.37. The van der Waals surface area contributed by atoms with Crippen LogP contribution in [-0.2, 0) is 0 Å². The van der Waals surface area contributed by atoms with Crippen LogP contribution in [0.15, 0.2) is 54.9 Å². The number of hydrogen-bond donors (Lipinski definition) is 2. The van der Waals surface area contributed by atoms with Crippen molar-refractivity contribution in [3.05, 3.63) is 66.0 Å². The second-order valence-corrected chi connectivity index (χ2v) is 7.40. The molecule has 0 spiro atoms. The lowest BCUT2D eigenvalue weighted by atomic mass is 10.1. The molecule has 4 rings (SSSR count).